The molecule has 1 atom stereocenters. The average Bonchev–Trinajstić information content (AvgIpc) is 2.67. The van der Waals surface area contributed by atoms with Gasteiger partial charge in [0.15, 0.2) is 21.7 Å². The molecule has 8 heteroatoms. The van der Waals surface area contributed by atoms with Crippen molar-refractivity contribution in [2.45, 2.75) is 25.5 Å². The zero-order valence-corrected chi connectivity index (χ0v) is 11.8. The van der Waals surface area contributed by atoms with Gasteiger partial charge in [0.25, 0.3) is 0 Å². The Morgan fingerprint density at radius 3 is 2.89 bits per heavy atom. The molecule has 0 bridgehead atoms. The molecule has 18 heavy (non-hydrogen) atoms. The number of anilines is 1. The summed E-state index contributed by atoms with van der Waals surface area (Å²) >= 11 is 9.25. The van der Waals surface area contributed by atoms with E-state index in [1.165, 1.54) is 0 Å². The van der Waals surface area contributed by atoms with Gasteiger partial charge >= 0.3 is 0 Å². The maximum atomic E-state index is 5.84. The van der Waals surface area contributed by atoms with Crippen LogP contribution in [0.1, 0.15) is 25.5 Å². The van der Waals surface area contributed by atoms with Crippen LogP contribution in [-0.4, -0.2) is 26.1 Å². The van der Waals surface area contributed by atoms with Crippen LogP contribution in [0.4, 0.5) is 5.82 Å². The lowest BCUT2D eigenvalue weighted by Gasteiger charge is -2.24. The number of halogens is 2. The van der Waals surface area contributed by atoms with Gasteiger partial charge in [0.05, 0.1) is 0 Å². The number of ether oxygens (including phenoxy) is 1. The summed E-state index contributed by atoms with van der Waals surface area (Å²) in [6.45, 7) is 0.741. The van der Waals surface area contributed by atoms with Crippen LogP contribution in [0.15, 0.2) is 4.73 Å². The molecule has 96 valence electrons. The first-order chi connectivity index (χ1) is 8.66. The van der Waals surface area contributed by atoms with Crippen molar-refractivity contribution in [2.24, 2.45) is 0 Å². The van der Waals surface area contributed by atoms with Crippen LogP contribution in [-0.2, 0) is 4.74 Å². The molecular formula is C10H11BrClN5O. The fourth-order valence-corrected chi connectivity index (χ4v) is 2.87. The number of nitrogens with zero attached hydrogens (tertiary/aromatic N) is 4. The van der Waals surface area contributed by atoms with E-state index in [9.17, 15) is 0 Å². The Bertz CT molecular complexity index is 595. The topological polar surface area (TPSA) is 78.9 Å². The second kappa shape index (κ2) is 4.64. The van der Waals surface area contributed by atoms with Gasteiger partial charge in [0.2, 0.25) is 5.28 Å². The Morgan fingerprint density at radius 2 is 2.17 bits per heavy atom. The first-order valence-corrected chi connectivity index (χ1v) is 6.82. The van der Waals surface area contributed by atoms with E-state index < -0.39 is 0 Å². The number of nitrogens with two attached hydrogens (primary N) is 1. The monoisotopic (exact) mass is 331 g/mol. The van der Waals surface area contributed by atoms with Crippen LogP contribution in [0.2, 0.25) is 5.28 Å². The number of fused-ring (bicyclic) bond motifs is 1. The van der Waals surface area contributed by atoms with Crippen LogP contribution in [0.3, 0.4) is 0 Å². The van der Waals surface area contributed by atoms with E-state index in [0.29, 0.717) is 15.9 Å². The lowest BCUT2D eigenvalue weighted by Crippen LogP contribution is -2.18. The predicted octanol–water partition coefficient (Wildman–Crippen LogP) is 2.52. The van der Waals surface area contributed by atoms with Crippen molar-refractivity contribution in [1.82, 2.24) is 19.5 Å². The minimum absolute atomic E-state index is 0.0801. The van der Waals surface area contributed by atoms with E-state index in [1.54, 1.807) is 0 Å². The molecule has 0 saturated carbocycles. The first-order valence-electron chi connectivity index (χ1n) is 5.65. The van der Waals surface area contributed by atoms with Crippen LogP contribution < -0.4 is 5.73 Å². The normalized spacial score (nSPS) is 20.4. The number of imidazole rings is 1. The Labute approximate surface area is 117 Å². The fourth-order valence-electron chi connectivity index (χ4n) is 2.12. The third kappa shape index (κ3) is 1.96. The second-order valence-corrected chi connectivity index (χ2v) is 5.17. The van der Waals surface area contributed by atoms with Gasteiger partial charge in [0, 0.05) is 6.61 Å². The molecule has 2 aromatic rings. The summed E-state index contributed by atoms with van der Waals surface area (Å²) in [6, 6.07) is 0. The second-order valence-electron chi connectivity index (χ2n) is 4.12. The molecule has 3 rings (SSSR count). The van der Waals surface area contributed by atoms with Gasteiger partial charge in [-0.25, -0.2) is 4.98 Å². The summed E-state index contributed by atoms with van der Waals surface area (Å²) in [7, 11) is 0. The molecular weight excluding hydrogens is 322 g/mol. The van der Waals surface area contributed by atoms with Gasteiger partial charge in [-0.1, -0.05) is 0 Å². The number of rotatable bonds is 1. The van der Waals surface area contributed by atoms with E-state index in [2.05, 4.69) is 30.9 Å². The highest BCUT2D eigenvalue weighted by molar-refractivity contribution is 9.10. The molecule has 1 aliphatic heterocycles. The van der Waals surface area contributed by atoms with Crippen LogP contribution >= 0.6 is 27.5 Å². The zero-order valence-electron chi connectivity index (χ0n) is 9.44. The number of hydrogen-bond acceptors (Lipinski definition) is 5. The Kier molecular flexibility index (Phi) is 3.13. The van der Waals surface area contributed by atoms with Gasteiger partial charge in [-0.2, -0.15) is 9.97 Å². The molecule has 0 spiro atoms. The molecule has 0 amide bonds. The quantitative estimate of drug-likeness (QED) is 0.641. The third-order valence-electron chi connectivity index (χ3n) is 2.94. The number of hydrogen-bond donors (Lipinski definition) is 1. The van der Waals surface area contributed by atoms with E-state index in [1.807, 2.05) is 4.57 Å². The number of aromatic nitrogens is 4. The lowest BCUT2D eigenvalue weighted by molar-refractivity contribution is -0.0311. The van der Waals surface area contributed by atoms with Crippen LogP contribution in [0, 0.1) is 0 Å². The molecule has 2 N–H and O–H groups in total. The summed E-state index contributed by atoms with van der Waals surface area (Å²) in [5, 5.41) is 0.115. The first kappa shape index (κ1) is 12.1. The van der Waals surface area contributed by atoms with Gasteiger partial charge in [-0.05, 0) is 46.8 Å². The molecule has 1 saturated heterocycles. The Balaban J connectivity index is 2.18. The van der Waals surface area contributed by atoms with Gasteiger partial charge in [0.1, 0.15) is 6.23 Å². The lowest BCUT2D eigenvalue weighted by atomic mass is 10.2. The minimum atomic E-state index is -0.0801. The minimum Gasteiger partial charge on any atom is -0.382 e. The van der Waals surface area contributed by atoms with Crippen molar-refractivity contribution >= 4 is 44.5 Å². The Morgan fingerprint density at radius 1 is 1.33 bits per heavy atom. The molecule has 3 heterocycles. The summed E-state index contributed by atoms with van der Waals surface area (Å²) in [5.74, 6) is 0.278. The molecule has 6 nitrogen and oxygen atoms in total. The third-order valence-corrected chi connectivity index (χ3v) is 3.67. The van der Waals surface area contributed by atoms with Gasteiger partial charge in [-0.15, -0.1) is 0 Å². The molecule has 0 radical (unpaired) electrons. The van der Waals surface area contributed by atoms with Gasteiger partial charge < -0.3 is 10.5 Å². The maximum absolute atomic E-state index is 5.84. The van der Waals surface area contributed by atoms with Crippen molar-refractivity contribution < 1.29 is 4.74 Å². The van der Waals surface area contributed by atoms with E-state index in [0.717, 1.165) is 25.9 Å². The van der Waals surface area contributed by atoms with Crippen molar-refractivity contribution in [3.8, 4) is 0 Å². The van der Waals surface area contributed by atoms with E-state index in [-0.39, 0.29) is 17.3 Å². The smallest absolute Gasteiger partial charge is 0.226 e. The Hall–Kier alpha value is -0.920. The largest absolute Gasteiger partial charge is 0.382 e. The molecule has 0 aromatic carbocycles. The molecule has 0 aliphatic carbocycles. The summed E-state index contributed by atoms with van der Waals surface area (Å²) in [5.41, 5.74) is 6.94. The standard InChI is InChI=1S/C10H11BrClN5O/c11-9-14-6-7(13)15-10(12)16-8(6)17(9)5-3-1-2-4-18-5/h5H,1-4H2,(H2,13,15,16). The highest BCUT2D eigenvalue weighted by Gasteiger charge is 2.23. The van der Waals surface area contributed by atoms with Crippen molar-refractivity contribution in [1.29, 1.82) is 0 Å². The summed E-state index contributed by atoms with van der Waals surface area (Å²) < 4.78 is 8.25. The predicted molar refractivity (Wildman–Crippen MR) is 71.3 cm³/mol. The average molecular weight is 333 g/mol. The van der Waals surface area contributed by atoms with Gasteiger partial charge in [-0.3, -0.25) is 4.57 Å². The maximum Gasteiger partial charge on any atom is 0.226 e. The molecule has 1 aliphatic rings. The van der Waals surface area contributed by atoms with Crippen molar-refractivity contribution in [3.05, 3.63) is 10.0 Å². The highest BCUT2D eigenvalue weighted by Crippen LogP contribution is 2.31. The van der Waals surface area contributed by atoms with Crippen LogP contribution in [0.5, 0.6) is 0 Å². The van der Waals surface area contributed by atoms with Crippen LogP contribution in [0.25, 0.3) is 11.2 Å². The number of nitrogen functional groups attached to an aromatic ring is 1. The highest BCUT2D eigenvalue weighted by atomic mass is 79.9. The van der Waals surface area contributed by atoms with E-state index >= 15 is 0 Å². The van der Waals surface area contributed by atoms with Crippen molar-refractivity contribution in [3.63, 3.8) is 0 Å². The summed E-state index contributed by atoms with van der Waals surface area (Å²) in [4.78, 5) is 12.4. The van der Waals surface area contributed by atoms with E-state index in [4.69, 9.17) is 22.1 Å². The zero-order chi connectivity index (χ0) is 12.7. The fraction of sp³-hybridized carbons (Fsp3) is 0.500. The molecule has 1 fully saturated rings. The molecule has 2 aromatic heterocycles. The molecule has 1 unspecified atom stereocenters. The SMILES string of the molecule is Nc1nc(Cl)nc2c1nc(Br)n2C1CCCCO1. The summed E-state index contributed by atoms with van der Waals surface area (Å²) in [6.07, 6.45) is 3.04. The van der Waals surface area contributed by atoms with Crippen molar-refractivity contribution in [2.75, 3.05) is 12.3 Å².